The number of benzene rings is 1. The summed E-state index contributed by atoms with van der Waals surface area (Å²) in [5.41, 5.74) is 1.34. The quantitative estimate of drug-likeness (QED) is 0.575. The van der Waals surface area contributed by atoms with Crippen LogP contribution in [0.25, 0.3) is 0 Å². The van der Waals surface area contributed by atoms with Gasteiger partial charge in [0.05, 0.1) is 25.3 Å². The average molecular weight is 161 g/mol. The van der Waals surface area contributed by atoms with E-state index in [0.717, 1.165) is 13.2 Å². The Morgan fingerprint density at radius 3 is 2.42 bits per heavy atom. The van der Waals surface area contributed by atoms with E-state index in [2.05, 4.69) is 35.2 Å². The highest BCUT2D eigenvalue weighted by Crippen LogP contribution is 2.38. The van der Waals surface area contributed by atoms with E-state index in [1.807, 2.05) is 0 Å². The summed E-state index contributed by atoms with van der Waals surface area (Å²) in [6, 6.07) is 11.9. The van der Waals surface area contributed by atoms with Gasteiger partial charge < -0.3 is 9.64 Å². The van der Waals surface area contributed by atoms with Crippen LogP contribution in [0.3, 0.4) is 0 Å². The topological polar surface area (TPSA) is 12.2 Å². The molecule has 2 heterocycles. The zero-order chi connectivity index (χ0) is 7.97. The monoisotopic (exact) mass is 161 g/mol. The maximum absolute atomic E-state index is 5.32. The molecule has 2 saturated heterocycles. The van der Waals surface area contributed by atoms with E-state index < -0.39 is 0 Å². The number of rotatable bonds is 1. The zero-order valence-electron chi connectivity index (χ0n) is 6.81. The van der Waals surface area contributed by atoms with Gasteiger partial charge in [0.1, 0.15) is 0 Å². The second-order valence-electron chi connectivity index (χ2n) is 3.41. The molecule has 2 fully saturated rings. The molecule has 0 aliphatic carbocycles. The van der Waals surface area contributed by atoms with Crippen LogP contribution in [-0.2, 0) is 4.74 Å². The first-order valence-corrected chi connectivity index (χ1v) is 4.38. The van der Waals surface area contributed by atoms with Crippen LogP contribution in [0, 0.1) is 0 Å². The smallest absolute Gasteiger partial charge is 0.0754 e. The lowest BCUT2D eigenvalue weighted by Gasteiger charge is -2.08. The van der Waals surface area contributed by atoms with Crippen LogP contribution in [0.2, 0.25) is 0 Å². The van der Waals surface area contributed by atoms with E-state index >= 15 is 0 Å². The number of hydrogen-bond acceptors (Lipinski definition) is 2. The third-order valence-electron chi connectivity index (χ3n) is 2.70. The number of anilines is 1. The molecule has 62 valence electrons. The number of nitrogens with zero attached hydrogens (tertiary/aromatic N) is 1. The van der Waals surface area contributed by atoms with Gasteiger partial charge in [-0.3, -0.25) is 0 Å². The van der Waals surface area contributed by atoms with Crippen molar-refractivity contribution in [2.75, 3.05) is 18.1 Å². The molecule has 1 aromatic rings. The van der Waals surface area contributed by atoms with Crippen molar-refractivity contribution in [3.8, 4) is 0 Å². The van der Waals surface area contributed by atoms with Gasteiger partial charge in [-0.2, -0.15) is 0 Å². The highest BCUT2D eigenvalue weighted by Gasteiger charge is 2.51. The molecule has 1 aromatic carbocycles. The van der Waals surface area contributed by atoms with Gasteiger partial charge in [0, 0.05) is 5.69 Å². The highest BCUT2D eigenvalue weighted by molar-refractivity contribution is 5.57. The number of para-hydroxylation sites is 1. The Balaban J connectivity index is 1.85. The summed E-state index contributed by atoms with van der Waals surface area (Å²) < 4.78 is 5.32. The largest absolute Gasteiger partial charge is 0.377 e. The molecule has 3 rings (SSSR count). The summed E-state index contributed by atoms with van der Waals surface area (Å²) in [6.07, 6.45) is 0. The maximum atomic E-state index is 5.32. The van der Waals surface area contributed by atoms with Crippen LogP contribution < -0.4 is 4.90 Å². The van der Waals surface area contributed by atoms with E-state index in [1.54, 1.807) is 0 Å². The fraction of sp³-hybridized carbons (Fsp3) is 0.400. The van der Waals surface area contributed by atoms with Crippen molar-refractivity contribution in [3.63, 3.8) is 0 Å². The van der Waals surface area contributed by atoms with Gasteiger partial charge in [-0.1, -0.05) is 18.2 Å². The first-order chi connectivity index (χ1) is 5.97. The van der Waals surface area contributed by atoms with Gasteiger partial charge in [0.2, 0.25) is 0 Å². The van der Waals surface area contributed by atoms with Gasteiger partial charge >= 0.3 is 0 Å². The molecular weight excluding hydrogens is 150 g/mol. The summed E-state index contributed by atoms with van der Waals surface area (Å²) in [7, 11) is 0. The lowest BCUT2D eigenvalue weighted by molar-refractivity contribution is 0.178. The summed E-state index contributed by atoms with van der Waals surface area (Å²) in [4.78, 5) is 2.43. The molecule has 2 heteroatoms. The summed E-state index contributed by atoms with van der Waals surface area (Å²) in [5, 5.41) is 0. The van der Waals surface area contributed by atoms with Gasteiger partial charge in [-0.25, -0.2) is 0 Å². The number of fused-ring (bicyclic) bond motifs is 1. The van der Waals surface area contributed by atoms with Gasteiger partial charge in [-0.15, -0.1) is 0 Å². The van der Waals surface area contributed by atoms with Crippen LogP contribution >= 0.6 is 0 Å². The third-order valence-corrected chi connectivity index (χ3v) is 2.70. The Morgan fingerprint density at radius 2 is 1.75 bits per heavy atom. The standard InChI is InChI=1S/C10H11NO/c1-2-4-8(5-3-1)11-9-6-12-7-10(9)11/h1-5,9-10H,6-7H2. The zero-order valence-corrected chi connectivity index (χ0v) is 6.81. The molecule has 2 aliphatic rings. The van der Waals surface area contributed by atoms with Crippen molar-refractivity contribution in [2.45, 2.75) is 12.1 Å². The first-order valence-electron chi connectivity index (χ1n) is 4.38. The average Bonchev–Trinajstić information content (AvgIpc) is 2.62. The summed E-state index contributed by atoms with van der Waals surface area (Å²) in [6.45, 7) is 1.83. The fourth-order valence-corrected chi connectivity index (χ4v) is 2.01. The summed E-state index contributed by atoms with van der Waals surface area (Å²) in [5.74, 6) is 0. The van der Waals surface area contributed by atoms with Crippen molar-refractivity contribution in [1.29, 1.82) is 0 Å². The van der Waals surface area contributed by atoms with E-state index in [0.29, 0.717) is 12.1 Å². The van der Waals surface area contributed by atoms with Gasteiger partial charge in [0.25, 0.3) is 0 Å². The third kappa shape index (κ3) is 0.786. The highest BCUT2D eigenvalue weighted by atomic mass is 16.5. The minimum absolute atomic E-state index is 0.674. The van der Waals surface area contributed by atoms with Crippen LogP contribution in [-0.4, -0.2) is 25.3 Å². The molecule has 0 amide bonds. The van der Waals surface area contributed by atoms with E-state index in [1.165, 1.54) is 5.69 Å². The number of morpholine rings is 1. The molecule has 0 spiro atoms. The Kier molecular flexibility index (Phi) is 1.21. The Morgan fingerprint density at radius 1 is 1.08 bits per heavy atom. The summed E-state index contributed by atoms with van der Waals surface area (Å²) >= 11 is 0. The lowest BCUT2D eigenvalue weighted by atomic mass is 10.3. The molecule has 0 bridgehead atoms. The predicted octanol–water partition coefficient (Wildman–Crippen LogP) is 1.27. The van der Waals surface area contributed by atoms with Gasteiger partial charge in [0.15, 0.2) is 0 Å². The fourth-order valence-electron chi connectivity index (χ4n) is 2.01. The Labute approximate surface area is 71.8 Å². The number of hydrogen-bond donors (Lipinski definition) is 0. The normalized spacial score (nSPS) is 31.8. The Bertz CT molecular complexity index is 275. The van der Waals surface area contributed by atoms with Crippen molar-refractivity contribution in [2.24, 2.45) is 0 Å². The van der Waals surface area contributed by atoms with Crippen LogP contribution in [0.5, 0.6) is 0 Å². The molecule has 2 aliphatic heterocycles. The van der Waals surface area contributed by atoms with E-state index in [9.17, 15) is 0 Å². The van der Waals surface area contributed by atoms with Crippen molar-refractivity contribution >= 4 is 5.69 Å². The van der Waals surface area contributed by atoms with E-state index in [4.69, 9.17) is 4.74 Å². The minimum Gasteiger partial charge on any atom is -0.377 e. The molecular formula is C10H11NO. The van der Waals surface area contributed by atoms with Crippen LogP contribution in [0.4, 0.5) is 5.69 Å². The van der Waals surface area contributed by atoms with Crippen LogP contribution in [0.1, 0.15) is 0 Å². The first kappa shape index (κ1) is 6.49. The van der Waals surface area contributed by atoms with Crippen molar-refractivity contribution in [1.82, 2.24) is 0 Å². The molecule has 0 radical (unpaired) electrons. The molecule has 2 nitrogen and oxygen atoms in total. The second kappa shape index (κ2) is 2.23. The number of ether oxygens (including phenoxy) is 1. The molecule has 0 saturated carbocycles. The van der Waals surface area contributed by atoms with Crippen molar-refractivity contribution in [3.05, 3.63) is 30.3 Å². The maximum Gasteiger partial charge on any atom is 0.0754 e. The van der Waals surface area contributed by atoms with E-state index in [-0.39, 0.29) is 0 Å². The minimum atomic E-state index is 0.674. The molecule has 2 unspecified atom stereocenters. The van der Waals surface area contributed by atoms with Crippen LogP contribution in [0.15, 0.2) is 30.3 Å². The van der Waals surface area contributed by atoms with Crippen molar-refractivity contribution < 1.29 is 4.74 Å². The molecule has 2 atom stereocenters. The lowest BCUT2D eigenvalue weighted by Crippen LogP contribution is -2.10. The van der Waals surface area contributed by atoms with Gasteiger partial charge in [-0.05, 0) is 12.1 Å². The predicted molar refractivity (Wildman–Crippen MR) is 47.3 cm³/mol. The second-order valence-corrected chi connectivity index (χ2v) is 3.41. The molecule has 0 N–H and O–H groups in total. The SMILES string of the molecule is c1ccc(N2C3COCC32)cc1. The molecule has 12 heavy (non-hydrogen) atoms. The Hall–Kier alpha value is -1.02. The molecule has 0 aromatic heterocycles.